The third kappa shape index (κ3) is 3.58. The summed E-state index contributed by atoms with van der Waals surface area (Å²) in [6.07, 6.45) is -5.51. The Morgan fingerprint density at radius 2 is 2.15 bits per heavy atom. The predicted octanol–water partition coefficient (Wildman–Crippen LogP) is 2.28. The molecule has 108 valence electrons. The van der Waals surface area contributed by atoms with Gasteiger partial charge in [0.15, 0.2) is 0 Å². The summed E-state index contributed by atoms with van der Waals surface area (Å²) >= 11 is 1.42. The Hall–Kier alpha value is -1.87. The number of hydrogen-bond donors (Lipinski definition) is 3. The van der Waals surface area contributed by atoms with Crippen LogP contribution in [0.15, 0.2) is 22.9 Å². The van der Waals surface area contributed by atoms with E-state index in [0.29, 0.717) is 5.56 Å². The number of thiophene rings is 1. The van der Waals surface area contributed by atoms with Crippen molar-refractivity contribution in [2.45, 2.75) is 12.3 Å². The van der Waals surface area contributed by atoms with Crippen molar-refractivity contribution in [2.75, 3.05) is 17.6 Å². The molecule has 0 aromatic carbocycles. The molecule has 0 aliphatic carbocycles. The summed E-state index contributed by atoms with van der Waals surface area (Å²) in [4.78, 5) is 6.45. The van der Waals surface area contributed by atoms with E-state index in [0.717, 1.165) is 0 Å². The molecule has 4 N–H and O–H groups in total. The van der Waals surface area contributed by atoms with Gasteiger partial charge in [0.05, 0.1) is 6.10 Å². The summed E-state index contributed by atoms with van der Waals surface area (Å²) < 4.78 is 37.5. The zero-order valence-electron chi connectivity index (χ0n) is 10.1. The molecule has 2 rings (SSSR count). The first kappa shape index (κ1) is 14.5. The van der Waals surface area contributed by atoms with Gasteiger partial charge in [0.2, 0.25) is 5.82 Å². The van der Waals surface area contributed by atoms with E-state index in [1.165, 1.54) is 17.4 Å². The molecule has 0 saturated heterocycles. The van der Waals surface area contributed by atoms with Crippen LogP contribution < -0.4 is 11.1 Å². The Morgan fingerprint density at radius 3 is 2.75 bits per heavy atom. The number of alkyl halides is 3. The van der Waals surface area contributed by atoms with E-state index >= 15 is 0 Å². The molecular weight excluding hydrogens is 293 g/mol. The van der Waals surface area contributed by atoms with Crippen LogP contribution in [0.3, 0.4) is 0 Å². The SMILES string of the molecule is Nc1cc(NCC(O)c2ccsc2)nc(C(F)(F)F)n1. The summed E-state index contributed by atoms with van der Waals surface area (Å²) in [5.41, 5.74) is 5.99. The van der Waals surface area contributed by atoms with Crippen LogP contribution >= 0.6 is 11.3 Å². The minimum atomic E-state index is -4.67. The molecule has 9 heteroatoms. The zero-order chi connectivity index (χ0) is 14.8. The van der Waals surface area contributed by atoms with Crippen molar-refractivity contribution in [1.29, 1.82) is 0 Å². The zero-order valence-corrected chi connectivity index (χ0v) is 10.9. The molecule has 2 heterocycles. The molecule has 0 bridgehead atoms. The topological polar surface area (TPSA) is 84.1 Å². The minimum Gasteiger partial charge on any atom is -0.387 e. The number of nitrogens with one attached hydrogen (secondary N) is 1. The highest BCUT2D eigenvalue weighted by atomic mass is 32.1. The maximum absolute atomic E-state index is 12.5. The fraction of sp³-hybridized carbons (Fsp3) is 0.273. The predicted molar refractivity (Wildman–Crippen MR) is 69.2 cm³/mol. The Labute approximate surface area is 116 Å². The third-order valence-electron chi connectivity index (χ3n) is 2.40. The lowest BCUT2D eigenvalue weighted by atomic mass is 10.2. The lowest BCUT2D eigenvalue weighted by Crippen LogP contribution is -2.17. The summed E-state index contributed by atoms with van der Waals surface area (Å²) in [5, 5.41) is 16.0. The first-order valence-corrected chi connectivity index (χ1v) is 6.46. The number of aliphatic hydroxyl groups is 1. The fourth-order valence-corrected chi connectivity index (χ4v) is 2.17. The summed E-state index contributed by atoms with van der Waals surface area (Å²) in [5.74, 6) is -1.69. The van der Waals surface area contributed by atoms with E-state index in [2.05, 4.69) is 15.3 Å². The summed E-state index contributed by atoms with van der Waals surface area (Å²) in [7, 11) is 0. The van der Waals surface area contributed by atoms with Crippen molar-refractivity contribution >= 4 is 23.0 Å². The maximum atomic E-state index is 12.5. The quantitative estimate of drug-likeness (QED) is 0.807. The van der Waals surface area contributed by atoms with E-state index in [4.69, 9.17) is 5.73 Å². The molecule has 0 amide bonds. The smallest absolute Gasteiger partial charge is 0.387 e. The molecular formula is C11H11F3N4OS. The second-order valence-corrected chi connectivity index (χ2v) is 4.73. The van der Waals surface area contributed by atoms with Gasteiger partial charge < -0.3 is 16.2 Å². The van der Waals surface area contributed by atoms with Crippen LogP contribution in [0, 0.1) is 0 Å². The van der Waals surface area contributed by atoms with Crippen molar-refractivity contribution in [3.05, 3.63) is 34.3 Å². The average Bonchev–Trinajstić information content (AvgIpc) is 2.88. The largest absolute Gasteiger partial charge is 0.451 e. The van der Waals surface area contributed by atoms with Crippen molar-refractivity contribution in [2.24, 2.45) is 0 Å². The lowest BCUT2D eigenvalue weighted by Gasteiger charge is -2.13. The molecule has 0 spiro atoms. The highest BCUT2D eigenvalue weighted by molar-refractivity contribution is 7.07. The minimum absolute atomic E-state index is 0.0183. The van der Waals surface area contributed by atoms with Gasteiger partial charge in [-0.15, -0.1) is 0 Å². The second kappa shape index (κ2) is 5.63. The molecule has 5 nitrogen and oxygen atoms in total. The van der Waals surface area contributed by atoms with Gasteiger partial charge in [0, 0.05) is 12.6 Å². The normalized spacial score (nSPS) is 13.2. The molecule has 0 radical (unpaired) electrons. The number of nitrogens with two attached hydrogens (primary N) is 1. The van der Waals surface area contributed by atoms with Crippen LogP contribution in [0.25, 0.3) is 0 Å². The van der Waals surface area contributed by atoms with Crippen molar-refractivity contribution in [3.63, 3.8) is 0 Å². The van der Waals surface area contributed by atoms with Gasteiger partial charge in [-0.3, -0.25) is 0 Å². The Bertz CT molecular complexity index is 574. The molecule has 1 atom stereocenters. The maximum Gasteiger partial charge on any atom is 0.451 e. The Morgan fingerprint density at radius 1 is 1.40 bits per heavy atom. The standard InChI is InChI=1S/C11H11F3N4OS/c12-11(13,14)10-17-8(15)3-9(18-10)16-4-7(19)6-1-2-20-5-6/h1-3,5,7,19H,4H2,(H3,15,16,17,18). The van der Waals surface area contributed by atoms with Gasteiger partial charge in [-0.25, -0.2) is 9.97 Å². The van der Waals surface area contributed by atoms with E-state index in [1.54, 1.807) is 16.8 Å². The van der Waals surface area contributed by atoms with E-state index in [9.17, 15) is 18.3 Å². The van der Waals surface area contributed by atoms with Gasteiger partial charge >= 0.3 is 6.18 Å². The van der Waals surface area contributed by atoms with Crippen molar-refractivity contribution in [1.82, 2.24) is 9.97 Å². The van der Waals surface area contributed by atoms with Crippen LogP contribution in [0.4, 0.5) is 24.8 Å². The third-order valence-corrected chi connectivity index (χ3v) is 3.11. The summed E-state index contributed by atoms with van der Waals surface area (Å²) in [6.45, 7) is 0.0183. The second-order valence-electron chi connectivity index (χ2n) is 3.95. The van der Waals surface area contributed by atoms with Gasteiger partial charge in [-0.05, 0) is 22.4 Å². The highest BCUT2D eigenvalue weighted by Crippen LogP contribution is 2.27. The van der Waals surface area contributed by atoms with Gasteiger partial charge in [0.1, 0.15) is 11.6 Å². The number of halogens is 3. The van der Waals surface area contributed by atoms with Crippen LogP contribution in [0.5, 0.6) is 0 Å². The molecule has 2 aromatic heterocycles. The average molecular weight is 304 g/mol. The van der Waals surface area contributed by atoms with Gasteiger partial charge in [-0.1, -0.05) is 0 Å². The molecule has 1 unspecified atom stereocenters. The number of aromatic nitrogens is 2. The lowest BCUT2D eigenvalue weighted by molar-refractivity contribution is -0.144. The number of nitrogens with zero attached hydrogens (tertiary/aromatic N) is 2. The number of aliphatic hydroxyl groups excluding tert-OH is 1. The first-order chi connectivity index (χ1) is 9.36. The van der Waals surface area contributed by atoms with E-state index in [1.807, 2.05) is 0 Å². The number of hydrogen-bond acceptors (Lipinski definition) is 6. The van der Waals surface area contributed by atoms with Gasteiger partial charge in [0.25, 0.3) is 0 Å². The van der Waals surface area contributed by atoms with Crippen LogP contribution in [-0.2, 0) is 6.18 Å². The van der Waals surface area contributed by atoms with E-state index < -0.39 is 18.1 Å². The number of anilines is 2. The summed E-state index contributed by atoms with van der Waals surface area (Å²) in [6, 6.07) is 2.90. The molecule has 20 heavy (non-hydrogen) atoms. The molecule has 0 aliphatic heterocycles. The Balaban J connectivity index is 2.08. The van der Waals surface area contributed by atoms with Gasteiger partial charge in [-0.2, -0.15) is 24.5 Å². The highest BCUT2D eigenvalue weighted by Gasteiger charge is 2.35. The van der Waals surface area contributed by atoms with Crippen LogP contribution in [0.2, 0.25) is 0 Å². The first-order valence-electron chi connectivity index (χ1n) is 5.52. The van der Waals surface area contributed by atoms with E-state index in [-0.39, 0.29) is 18.2 Å². The van der Waals surface area contributed by atoms with Crippen LogP contribution in [0.1, 0.15) is 17.5 Å². The fourth-order valence-electron chi connectivity index (χ4n) is 1.47. The number of nitrogen functional groups attached to an aromatic ring is 1. The number of rotatable bonds is 4. The molecule has 0 fully saturated rings. The Kier molecular flexibility index (Phi) is 4.09. The van der Waals surface area contributed by atoms with Crippen LogP contribution in [-0.4, -0.2) is 21.6 Å². The van der Waals surface area contributed by atoms with Crippen molar-refractivity contribution < 1.29 is 18.3 Å². The molecule has 0 saturated carbocycles. The molecule has 0 aliphatic rings. The molecule has 2 aromatic rings. The monoisotopic (exact) mass is 304 g/mol. The van der Waals surface area contributed by atoms with Crippen molar-refractivity contribution in [3.8, 4) is 0 Å².